The molecule has 0 bridgehead atoms. The molecule has 2 heterocycles. The number of rotatable bonds is 4. The minimum atomic E-state index is -0.604. The minimum Gasteiger partial charge on any atom is -0.453 e. The fourth-order valence-electron chi connectivity index (χ4n) is 2.35. The quantitative estimate of drug-likeness (QED) is 0.549. The van der Waals surface area contributed by atoms with Crippen LogP contribution in [0, 0.1) is 13.8 Å². The molecule has 5 heteroatoms. The SMILES string of the molecule is Cc1ccc(C)c(C(=O)COC(=O)c2cn3ccccc3n2)c1. The highest BCUT2D eigenvalue weighted by Crippen LogP contribution is 2.12. The first kappa shape index (κ1) is 15.0. The highest BCUT2D eigenvalue weighted by molar-refractivity contribution is 6.00. The maximum absolute atomic E-state index is 12.2. The summed E-state index contributed by atoms with van der Waals surface area (Å²) in [5, 5.41) is 0. The Kier molecular flexibility index (Phi) is 3.93. The number of aryl methyl sites for hydroxylation is 2. The number of ketones is 1. The third kappa shape index (κ3) is 3.13. The van der Waals surface area contributed by atoms with Crippen molar-refractivity contribution in [1.29, 1.82) is 0 Å². The molecule has 0 fully saturated rings. The van der Waals surface area contributed by atoms with E-state index in [1.807, 2.05) is 38.1 Å². The van der Waals surface area contributed by atoms with Gasteiger partial charge in [-0.15, -0.1) is 0 Å². The fourth-order valence-corrected chi connectivity index (χ4v) is 2.35. The summed E-state index contributed by atoms with van der Waals surface area (Å²) in [6.45, 7) is 3.48. The molecule has 0 aliphatic heterocycles. The number of hydrogen-bond donors (Lipinski definition) is 0. The summed E-state index contributed by atoms with van der Waals surface area (Å²) >= 11 is 0. The fraction of sp³-hybridized carbons (Fsp3) is 0.167. The van der Waals surface area contributed by atoms with E-state index < -0.39 is 5.97 Å². The lowest BCUT2D eigenvalue weighted by Gasteiger charge is -2.06. The zero-order chi connectivity index (χ0) is 16.4. The topological polar surface area (TPSA) is 60.7 Å². The molecular weight excluding hydrogens is 292 g/mol. The van der Waals surface area contributed by atoms with E-state index in [0.29, 0.717) is 11.2 Å². The van der Waals surface area contributed by atoms with Gasteiger partial charge in [-0.1, -0.05) is 23.8 Å². The van der Waals surface area contributed by atoms with Crippen LogP contribution >= 0.6 is 0 Å². The van der Waals surface area contributed by atoms with Gasteiger partial charge in [-0.3, -0.25) is 4.79 Å². The highest BCUT2D eigenvalue weighted by atomic mass is 16.5. The van der Waals surface area contributed by atoms with Gasteiger partial charge in [-0.25, -0.2) is 9.78 Å². The number of Topliss-reactive ketones (excluding diaryl/α,β-unsaturated/α-hetero) is 1. The van der Waals surface area contributed by atoms with Crippen LogP contribution in [-0.4, -0.2) is 27.7 Å². The Morgan fingerprint density at radius 3 is 2.78 bits per heavy atom. The van der Waals surface area contributed by atoms with Crippen molar-refractivity contribution in [3.05, 3.63) is 71.2 Å². The minimum absolute atomic E-state index is 0.185. The van der Waals surface area contributed by atoms with E-state index in [2.05, 4.69) is 4.98 Å². The van der Waals surface area contributed by atoms with Crippen molar-refractivity contribution in [2.45, 2.75) is 13.8 Å². The van der Waals surface area contributed by atoms with Crippen LogP contribution in [-0.2, 0) is 4.74 Å². The predicted octanol–water partition coefficient (Wildman–Crippen LogP) is 2.99. The first-order valence-electron chi connectivity index (χ1n) is 7.26. The monoisotopic (exact) mass is 308 g/mol. The van der Waals surface area contributed by atoms with Crippen molar-refractivity contribution in [2.24, 2.45) is 0 Å². The number of pyridine rings is 1. The van der Waals surface area contributed by atoms with E-state index in [4.69, 9.17) is 4.74 Å². The van der Waals surface area contributed by atoms with Gasteiger partial charge in [0.05, 0.1) is 0 Å². The highest BCUT2D eigenvalue weighted by Gasteiger charge is 2.16. The first-order chi connectivity index (χ1) is 11.0. The molecular formula is C18H16N2O3. The molecule has 2 aromatic heterocycles. The number of carbonyl (C=O) groups is 2. The molecule has 0 spiro atoms. The zero-order valence-corrected chi connectivity index (χ0v) is 12.9. The molecule has 3 aromatic rings. The maximum Gasteiger partial charge on any atom is 0.359 e. The molecule has 0 aliphatic carbocycles. The van der Waals surface area contributed by atoms with Crippen LogP contribution in [0.15, 0.2) is 48.8 Å². The van der Waals surface area contributed by atoms with Crippen molar-refractivity contribution in [3.63, 3.8) is 0 Å². The molecule has 0 aliphatic rings. The van der Waals surface area contributed by atoms with E-state index in [1.165, 1.54) is 0 Å². The molecule has 0 saturated heterocycles. The molecule has 116 valence electrons. The molecule has 0 amide bonds. The lowest BCUT2D eigenvalue weighted by molar-refractivity contribution is 0.0469. The second-order valence-corrected chi connectivity index (χ2v) is 5.41. The average Bonchev–Trinajstić information content (AvgIpc) is 2.98. The third-order valence-electron chi connectivity index (χ3n) is 3.60. The van der Waals surface area contributed by atoms with Crippen LogP contribution in [0.1, 0.15) is 32.0 Å². The van der Waals surface area contributed by atoms with Gasteiger partial charge >= 0.3 is 5.97 Å². The number of hydrogen-bond acceptors (Lipinski definition) is 4. The standard InChI is InChI=1S/C18H16N2O3/c1-12-6-7-13(2)14(9-12)16(21)11-23-18(22)15-10-20-8-4-3-5-17(20)19-15/h3-10H,11H2,1-2H3. The predicted molar refractivity (Wildman–Crippen MR) is 85.7 cm³/mol. The van der Waals surface area contributed by atoms with Gasteiger partial charge in [0.1, 0.15) is 5.65 Å². The van der Waals surface area contributed by atoms with Gasteiger partial charge < -0.3 is 9.14 Å². The van der Waals surface area contributed by atoms with Gasteiger partial charge in [-0.05, 0) is 37.6 Å². The maximum atomic E-state index is 12.2. The van der Waals surface area contributed by atoms with Gasteiger partial charge in [0.15, 0.2) is 12.3 Å². The second kappa shape index (κ2) is 6.04. The van der Waals surface area contributed by atoms with Crippen LogP contribution in [0.4, 0.5) is 0 Å². The second-order valence-electron chi connectivity index (χ2n) is 5.41. The Bertz CT molecular complexity index is 863. The number of fused-ring (bicyclic) bond motifs is 1. The Hall–Kier alpha value is -2.95. The number of ether oxygens (including phenoxy) is 1. The molecule has 1 aromatic carbocycles. The number of esters is 1. The van der Waals surface area contributed by atoms with Gasteiger partial charge in [0, 0.05) is 18.0 Å². The molecule has 0 radical (unpaired) electrons. The summed E-state index contributed by atoms with van der Waals surface area (Å²) < 4.78 is 6.83. The molecule has 3 rings (SSSR count). The van der Waals surface area contributed by atoms with E-state index in [9.17, 15) is 9.59 Å². The van der Waals surface area contributed by atoms with E-state index in [-0.39, 0.29) is 18.1 Å². The normalized spacial score (nSPS) is 10.7. The molecule has 0 unspecified atom stereocenters. The Balaban J connectivity index is 1.71. The summed E-state index contributed by atoms with van der Waals surface area (Å²) in [5.74, 6) is -0.823. The first-order valence-corrected chi connectivity index (χ1v) is 7.26. The third-order valence-corrected chi connectivity index (χ3v) is 3.60. The van der Waals surface area contributed by atoms with Crippen LogP contribution in [0.5, 0.6) is 0 Å². The summed E-state index contributed by atoms with van der Waals surface area (Å²) in [7, 11) is 0. The van der Waals surface area contributed by atoms with E-state index in [1.54, 1.807) is 28.9 Å². The van der Waals surface area contributed by atoms with Crippen LogP contribution < -0.4 is 0 Å². The van der Waals surface area contributed by atoms with Crippen molar-refractivity contribution in [3.8, 4) is 0 Å². The molecule has 0 atom stereocenters. The summed E-state index contributed by atoms with van der Waals surface area (Å²) in [5.41, 5.74) is 3.27. The van der Waals surface area contributed by atoms with Gasteiger partial charge in [0.25, 0.3) is 0 Å². The molecule has 0 N–H and O–H groups in total. The number of benzene rings is 1. The Morgan fingerprint density at radius 2 is 2.00 bits per heavy atom. The Morgan fingerprint density at radius 1 is 1.17 bits per heavy atom. The van der Waals surface area contributed by atoms with E-state index >= 15 is 0 Å². The van der Waals surface area contributed by atoms with Gasteiger partial charge in [-0.2, -0.15) is 0 Å². The lowest BCUT2D eigenvalue weighted by atomic mass is 10.0. The van der Waals surface area contributed by atoms with Crippen molar-refractivity contribution in [2.75, 3.05) is 6.61 Å². The van der Waals surface area contributed by atoms with Crippen LogP contribution in [0.3, 0.4) is 0 Å². The lowest BCUT2D eigenvalue weighted by Crippen LogP contribution is -2.15. The number of nitrogens with zero attached hydrogens (tertiary/aromatic N) is 2. The number of aromatic nitrogens is 2. The van der Waals surface area contributed by atoms with E-state index in [0.717, 1.165) is 11.1 Å². The summed E-state index contributed by atoms with van der Waals surface area (Å²) in [6.07, 6.45) is 3.38. The van der Waals surface area contributed by atoms with Crippen molar-refractivity contribution in [1.82, 2.24) is 9.38 Å². The largest absolute Gasteiger partial charge is 0.453 e. The average molecular weight is 308 g/mol. The summed E-state index contributed by atoms with van der Waals surface area (Å²) in [6, 6.07) is 11.1. The molecule has 0 saturated carbocycles. The van der Waals surface area contributed by atoms with Crippen molar-refractivity contribution >= 4 is 17.4 Å². The van der Waals surface area contributed by atoms with Crippen molar-refractivity contribution < 1.29 is 14.3 Å². The smallest absolute Gasteiger partial charge is 0.359 e. The van der Waals surface area contributed by atoms with Crippen LogP contribution in [0.2, 0.25) is 0 Å². The molecule has 23 heavy (non-hydrogen) atoms. The number of carbonyl (C=O) groups excluding carboxylic acids is 2. The van der Waals surface area contributed by atoms with Gasteiger partial charge in [0.2, 0.25) is 5.78 Å². The molecule has 5 nitrogen and oxygen atoms in total. The zero-order valence-electron chi connectivity index (χ0n) is 12.9. The Labute approximate surface area is 133 Å². The number of imidazole rings is 1. The summed E-state index contributed by atoms with van der Waals surface area (Å²) in [4.78, 5) is 28.4. The van der Waals surface area contributed by atoms with Crippen LogP contribution in [0.25, 0.3) is 5.65 Å².